The van der Waals surface area contributed by atoms with Crippen molar-refractivity contribution in [3.05, 3.63) is 51.8 Å². The van der Waals surface area contributed by atoms with Crippen molar-refractivity contribution in [2.24, 2.45) is 0 Å². The molecule has 2 rings (SSSR count). The van der Waals surface area contributed by atoms with E-state index in [0.717, 1.165) is 0 Å². The minimum absolute atomic E-state index is 0.186. The van der Waals surface area contributed by atoms with Crippen LogP contribution in [0.4, 0.5) is 11.4 Å². The predicted molar refractivity (Wildman–Crippen MR) is 65.9 cm³/mol. The van der Waals surface area contributed by atoms with Crippen LogP contribution < -0.4 is 5.32 Å². The van der Waals surface area contributed by atoms with Crippen LogP contribution in [-0.4, -0.2) is 25.8 Å². The first-order chi connectivity index (χ1) is 9.09. The third-order valence-electron chi connectivity index (χ3n) is 2.13. The molecule has 0 saturated carbocycles. The maximum atomic E-state index is 11.9. The van der Waals surface area contributed by atoms with E-state index in [1.54, 1.807) is 0 Å². The minimum Gasteiger partial charge on any atom is -0.319 e. The number of aromatic nitrogens is 3. The lowest BCUT2D eigenvalue weighted by Crippen LogP contribution is -2.14. The number of hydrogen-bond acceptors (Lipinski definition) is 6. The lowest BCUT2D eigenvalue weighted by molar-refractivity contribution is -0.385. The maximum absolute atomic E-state index is 11.9. The summed E-state index contributed by atoms with van der Waals surface area (Å²) in [4.78, 5) is 33.0. The highest BCUT2D eigenvalue weighted by atomic mass is 35.5. The van der Waals surface area contributed by atoms with E-state index >= 15 is 0 Å². The summed E-state index contributed by atoms with van der Waals surface area (Å²) < 4.78 is 0. The van der Waals surface area contributed by atoms with Gasteiger partial charge in [-0.2, -0.15) is 0 Å². The standard InChI is InChI=1S/C10H6ClN5O3/c11-9-8(16(18)19)7(1-2-14-9)10(17)15-6-3-12-5-13-4-6/h1-5H,(H,15,17). The molecule has 0 aliphatic heterocycles. The monoisotopic (exact) mass is 279 g/mol. The highest BCUT2D eigenvalue weighted by molar-refractivity contribution is 6.32. The molecule has 0 aliphatic rings. The smallest absolute Gasteiger partial charge is 0.319 e. The molecule has 0 fully saturated rings. The van der Waals surface area contributed by atoms with Gasteiger partial charge >= 0.3 is 5.69 Å². The Labute approximate surface area is 111 Å². The van der Waals surface area contributed by atoms with Gasteiger partial charge in [0.15, 0.2) is 0 Å². The van der Waals surface area contributed by atoms with Crippen LogP contribution in [0.2, 0.25) is 5.15 Å². The van der Waals surface area contributed by atoms with E-state index in [1.807, 2.05) is 0 Å². The summed E-state index contributed by atoms with van der Waals surface area (Å²) in [6.07, 6.45) is 5.23. The minimum atomic E-state index is -0.758. The summed E-state index contributed by atoms with van der Waals surface area (Å²) in [7, 11) is 0. The van der Waals surface area contributed by atoms with Crippen molar-refractivity contribution in [3.63, 3.8) is 0 Å². The molecule has 2 aromatic rings. The van der Waals surface area contributed by atoms with E-state index in [1.165, 1.54) is 31.0 Å². The van der Waals surface area contributed by atoms with Gasteiger partial charge in [0.1, 0.15) is 11.9 Å². The van der Waals surface area contributed by atoms with Crippen LogP contribution in [0.15, 0.2) is 31.0 Å². The Kier molecular flexibility index (Phi) is 3.62. The van der Waals surface area contributed by atoms with E-state index in [2.05, 4.69) is 20.3 Å². The van der Waals surface area contributed by atoms with Crippen LogP contribution >= 0.6 is 11.6 Å². The Balaban J connectivity index is 2.35. The fourth-order valence-electron chi connectivity index (χ4n) is 1.35. The molecular weight excluding hydrogens is 274 g/mol. The quantitative estimate of drug-likeness (QED) is 0.520. The zero-order valence-corrected chi connectivity index (χ0v) is 10.0. The number of nitro groups is 1. The van der Waals surface area contributed by atoms with Crippen LogP contribution in [0, 0.1) is 10.1 Å². The van der Waals surface area contributed by atoms with Gasteiger partial charge in [-0.3, -0.25) is 14.9 Å². The van der Waals surface area contributed by atoms with Crippen molar-refractivity contribution < 1.29 is 9.72 Å². The van der Waals surface area contributed by atoms with Crippen molar-refractivity contribution in [2.75, 3.05) is 5.32 Å². The number of carbonyl (C=O) groups excluding carboxylic acids is 1. The number of nitrogens with one attached hydrogen (secondary N) is 1. The van der Waals surface area contributed by atoms with Gasteiger partial charge in [-0.15, -0.1) is 0 Å². The molecule has 0 aromatic carbocycles. The van der Waals surface area contributed by atoms with Gasteiger partial charge in [-0.1, -0.05) is 11.6 Å². The van der Waals surface area contributed by atoms with Crippen LogP contribution in [-0.2, 0) is 0 Å². The van der Waals surface area contributed by atoms with Crippen molar-refractivity contribution in [2.45, 2.75) is 0 Å². The number of amides is 1. The third-order valence-corrected chi connectivity index (χ3v) is 2.40. The molecule has 0 saturated heterocycles. The molecular formula is C10H6ClN5O3. The van der Waals surface area contributed by atoms with Crippen LogP contribution in [0.3, 0.4) is 0 Å². The fourth-order valence-corrected chi connectivity index (χ4v) is 1.57. The number of rotatable bonds is 3. The second kappa shape index (κ2) is 5.36. The number of carbonyl (C=O) groups is 1. The van der Waals surface area contributed by atoms with Crippen molar-refractivity contribution in [1.29, 1.82) is 0 Å². The molecule has 1 N–H and O–H groups in total. The van der Waals surface area contributed by atoms with E-state index in [-0.39, 0.29) is 10.7 Å². The number of halogens is 1. The lowest BCUT2D eigenvalue weighted by atomic mass is 10.2. The van der Waals surface area contributed by atoms with Gasteiger partial charge < -0.3 is 5.32 Å². The average Bonchev–Trinajstić information content (AvgIpc) is 2.39. The third kappa shape index (κ3) is 2.80. The van der Waals surface area contributed by atoms with E-state index in [9.17, 15) is 14.9 Å². The summed E-state index contributed by atoms with van der Waals surface area (Å²) >= 11 is 5.61. The Morgan fingerprint density at radius 2 is 2.05 bits per heavy atom. The van der Waals surface area contributed by atoms with E-state index in [4.69, 9.17) is 11.6 Å². The van der Waals surface area contributed by atoms with Gasteiger partial charge in [0, 0.05) is 6.20 Å². The lowest BCUT2D eigenvalue weighted by Gasteiger charge is -2.05. The molecule has 0 spiro atoms. The van der Waals surface area contributed by atoms with Crippen molar-refractivity contribution >= 4 is 28.9 Å². The first-order valence-corrected chi connectivity index (χ1v) is 5.32. The average molecular weight is 280 g/mol. The Morgan fingerprint density at radius 3 is 2.68 bits per heavy atom. The molecule has 0 atom stereocenters. The first-order valence-electron chi connectivity index (χ1n) is 4.95. The highest BCUT2D eigenvalue weighted by Crippen LogP contribution is 2.26. The topological polar surface area (TPSA) is 111 Å². The van der Waals surface area contributed by atoms with Crippen molar-refractivity contribution in [3.8, 4) is 0 Å². The number of anilines is 1. The van der Waals surface area contributed by atoms with E-state index in [0.29, 0.717) is 5.69 Å². The molecule has 96 valence electrons. The van der Waals surface area contributed by atoms with Crippen LogP contribution in [0.25, 0.3) is 0 Å². The molecule has 8 nitrogen and oxygen atoms in total. The Hall–Kier alpha value is -2.61. The number of pyridine rings is 1. The second-order valence-electron chi connectivity index (χ2n) is 3.34. The number of hydrogen-bond donors (Lipinski definition) is 1. The van der Waals surface area contributed by atoms with Crippen molar-refractivity contribution in [1.82, 2.24) is 15.0 Å². The summed E-state index contributed by atoms with van der Waals surface area (Å²) in [5.41, 5.74) is -0.415. The molecule has 9 heteroatoms. The Bertz CT molecular complexity index is 634. The van der Waals surface area contributed by atoms with Gasteiger partial charge in [0.25, 0.3) is 5.91 Å². The van der Waals surface area contributed by atoms with Gasteiger partial charge in [0.05, 0.1) is 23.0 Å². The van der Waals surface area contributed by atoms with Crippen LogP contribution in [0.5, 0.6) is 0 Å². The maximum Gasteiger partial charge on any atom is 0.319 e. The van der Waals surface area contributed by atoms with Gasteiger partial charge in [0.2, 0.25) is 5.15 Å². The molecule has 2 heterocycles. The Morgan fingerprint density at radius 1 is 1.37 bits per heavy atom. The SMILES string of the molecule is O=C(Nc1cncnc1)c1ccnc(Cl)c1[N+](=O)[O-]. The molecule has 0 unspecified atom stereocenters. The molecule has 2 aromatic heterocycles. The molecule has 1 amide bonds. The summed E-state index contributed by atoms with van der Waals surface area (Å²) in [6, 6.07) is 1.21. The zero-order chi connectivity index (χ0) is 13.8. The normalized spacial score (nSPS) is 9.95. The molecule has 19 heavy (non-hydrogen) atoms. The fraction of sp³-hybridized carbons (Fsp3) is 0. The number of nitrogens with zero attached hydrogens (tertiary/aromatic N) is 4. The summed E-state index contributed by atoms with van der Waals surface area (Å²) in [5.74, 6) is -0.689. The molecule has 0 bridgehead atoms. The van der Waals surface area contributed by atoms with Gasteiger partial charge in [-0.25, -0.2) is 15.0 Å². The molecule has 0 radical (unpaired) electrons. The van der Waals surface area contributed by atoms with E-state index < -0.39 is 16.5 Å². The largest absolute Gasteiger partial charge is 0.319 e. The highest BCUT2D eigenvalue weighted by Gasteiger charge is 2.24. The summed E-state index contributed by atoms with van der Waals surface area (Å²) in [5, 5.41) is 13.0. The van der Waals surface area contributed by atoms with Gasteiger partial charge in [-0.05, 0) is 6.07 Å². The molecule has 0 aliphatic carbocycles. The summed E-state index contributed by atoms with van der Waals surface area (Å²) in [6.45, 7) is 0. The zero-order valence-electron chi connectivity index (χ0n) is 9.28. The first kappa shape index (κ1) is 12.8. The second-order valence-corrected chi connectivity index (χ2v) is 3.69. The van der Waals surface area contributed by atoms with Crippen LogP contribution in [0.1, 0.15) is 10.4 Å². The predicted octanol–water partition coefficient (Wildman–Crippen LogP) is 1.69.